The third kappa shape index (κ3) is 6.57. The highest BCUT2D eigenvalue weighted by atomic mass is 32.2. The number of hydrogen-bond acceptors (Lipinski definition) is 5. The van der Waals surface area contributed by atoms with E-state index in [9.17, 15) is 14.4 Å². The Morgan fingerprint density at radius 3 is 2.40 bits per heavy atom. The average molecular weight is 496 g/mol. The van der Waals surface area contributed by atoms with E-state index in [0.29, 0.717) is 42.0 Å². The molecule has 186 valence electrons. The van der Waals surface area contributed by atoms with Crippen LogP contribution in [0.25, 0.3) is 0 Å². The van der Waals surface area contributed by atoms with Crippen LogP contribution >= 0.6 is 11.8 Å². The molecule has 2 aliphatic heterocycles. The number of nitrogens with one attached hydrogen (secondary N) is 1. The van der Waals surface area contributed by atoms with E-state index in [2.05, 4.69) is 31.3 Å². The van der Waals surface area contributed by atoms with Gasteiger partial charge in [0.1, 0.15) is 6.61 Å². The first-order valence-electron chi connectivity index (χ1n) is 12.2. The lowest BCUT2D eigenvalue weighted by Gasteiger charge is -2.38. The highest BCUT2D eigenvalue weighted by Gasteiger charge is 2.39. The monoisotopic (exact) mass is 495 g/mol. The molecule has 7 nitrogen and oxygen atoms in total. The van der Waals surface area contributed by atoms with E-state index in [4.69, 9.17) is 4.74 Å². The van der Waals surface area contributed by atoms with Crippen molar-refractivity contribution < 1.29 is 19.1 Å². The maximum absolute atomic E-state index is 13.0. The van der Waals surface area contributed by atoms with Crippen molar-refractivity contribution in [3.8, 4) is 0 Å². The third-order valence-electron chi connectivity index (χ3n) is 6.43. The fourth-order valence-electron chi connectivity index (χ4n) is 4.63. The third-order valence-corrected chi connectivity index (χ3v) is 7.52. The maximum atomic E-state index is 13.0. The van der Waals surface area contributed by atoms with Crippen LogP contribution in [-0.2, 0) is 16.0 Å². The second-order valence-electron chi connectivity index (χ2n) is 9.34. The Morgan fingerprint density at radius 1 is 1.06 bits per heavy atom. The van der Waals surface area contributed by atoms with Gasteiger partial charge in [0.25, 0.3) is 5.91 Å². The molecule has 0 bridgehead atoms. The molecule has 35 heavy (non-hydrogen) atoms. The van der Waals surface area contributed by atoms with Crippen LogP contribution in [0.15, 0.2) is 54.6 Å². The Kier molecular flexibility index (Phi) is 8.33. The summed E-state index contributed by atoms with van der Waals surface area (Å²) in [5.74, 6) is 0.335. The molecule has 1 atom stereocenters. The van der Waals surface area contributed by atoms with Crippen molar-refractivity contribution >= 4 is 35.4 Å². The molecular formula is C27H33N3O4S. The van der Waals surface area contributed by atoms with Gasteiger partial charge in [-0.15, -0.1) is 11.8 Å². The van der Waals surface area contributed by atoms with E-state index in [1.54, 1.807) is 36.0 Å². The standard InChI is InChI=1S/C27H33N3O4S/c1-19(2)35-18-25(31)28-22-10-8-21(9-11-22)26(32)29-14-12-23(13-15-29)30-24(17-34-27(30)33)16-20-6-4-3-5-7-20/h3-11,19,23-24H,12-18H2,1-2H3,(H,28,31). The van der Waals surface area contributed by atoms with E-state index in [0.717, 1.165) is 19.3 Å². The summed E-state index contributed by atoms with van der Waals surface area (Å²) in [5.41, 5.74) is 2.47. The van der Waals surface area contributed by atoms with Crippen molar-refractivity contribution in [2.75, 3.05) is 30.8 Å². The minimum atomic E-state index is -0.250. The molecule has 3 amide bonds. The van der Waals surface area contributed by atoms with Gasteiger partial charge in [0.15, 0.2) is 0 Å². The van der Waals surface area contributed by atoms with Crippen LogP contribution in [0.1, 0.15) is 42.6 Å². The maximum Gasteiger partial charge on any atom is 0.410 e. The predicted molar refractivity (Wildman–Crippen MR) is 139 cm³/mol. The fourth-order valence-corrected chi connectivity index (χ4v) is 5.18. The lowest BCUT2D eigenvalue weighted by Crippen LogP contribution is -2.50. The van der Waals surface area contributed by atoms with Crippen molar-refractivity contribution in [2.24, 2.45) is 0 Å². The number of carbonyl (C=O) groups is 3. The van der Waals surface area contributed by atoms with Gasteiger partial charge >= 0.3 is 6.09 Å². The number of ether oxygens (including phenoxy) is 1. The molecule has 0 aliphatic carbocycles. The van der Waals surface area contributed by atoms with Crippen LogP contribution in [0.2, 0.25) is 0 Å². The largest absolute Gasteiger partial charge is 0.447 e. The summed E-state index contributed by atoms with van der Waals surface area (Å²) in [6.07, 6.45) is 1.98. The summed E-state index contributed by atoms with van der Waals surface area (Å²) >= 11 is 1.59. The number of hydrogen-bond donors (Lipinski definition) is 1. The lowest BCUT2D eigenvalue weighted by molar-refractivity contribution is -0.113. The van der Waals surface area contributed by atoms with E-state index in [-0.39, 0.29) is 30.0 Å². The molecule has 8 heteroatoms. The number of likely N-dealkylation sites (tertiary alicyclic amines) is 1. The zero-order valence-electron chi connectivity index (χ0n) is 20.3. The summed E-state index contributed by atoms with van der Waals surface area (Å²) in [6, 6.07) is 17.3. The van der Waals surface area contributed by atoms with Gasteiger partial charge in [0.2, 0.25) is 5.91 Å². The van der Waals surface area contributed by atoms with Gasteiger partial charge in [-0.25, -0.2) is 4.79 Å². The van der Waals surface area contributed by atoms with Crippen LogP contribution in [0.3, 0.4) is 0 Å². The predicted octanol–water partition coefficient (Wildman–Crippen LogP) is 4.43. The van der Waals surface area contributed by atoms with Crippen LogP contribution in [0.5, 0.6) is 0 Å². The number of benzene rings is 2. The Labute approximate surface area is 211 Å². The fraction of sp³-hybridized carbons (Fsp3) is 0.444. The minimum Gasteiger partial charge on any atom is -0.447 e. The second-order valence-corrected chi connectivity index (χ2v) is 10.9. The number of cyclic esters (lactones) is 1. The zero-order chi connectivity index (χ0) is 24.8. The van der Waals surface area contributed by atoms with E-state index in [1.807, 2.05) is 28.0 Å². The molecule has 2 saturated heterocycles. The average Bonchev–Trinajstić information content (AvgIpc) is 3.23. The molecular weight excluding hydrogens is 462 g/mol. The summed E-state index contributed by atoms with van der Waals surface area (Å²) in [4.78, 5) is 41.3. The van der Waals surface area contributed by atoms with Crippen molar-refractivity contribution in [3.05, 3.63) is 65.7 Å². The second kappa shape index (κ2) is 11.6. The summed E-state index contributed by atoms with van der Waals surface area (Å²) in [6.45, 7) is 5.71. The molecule has 4 rings (SSSR count). The molecule has 2 aromatic carbocycles. The summed E-state index contributed by atoms with van der Waals surface area (Å²) in [7, 11) is 0. The molecule has 0 saturated carbocycles. The van der Waals surface area contributed by atoms with Gasteiger partial charge < -0.3 is 15.0 Å². The molecule has 1 unspecified atom stereocenters. The molecule has 0 spiro atoms. The first kappa shape index (κ1) is 25.1. The van der Waals surface area contributed by atoms with Crippen molar-refractivity contribution in [3.63, 3.8) is 0 Å². The molecule has 2 heterocycles. The van der Waals surface area contributed by atoms with Gasteiger partial charge in [-0.3, -0.25) is 14.5 Å². The molecule has 0 aromatic heterocycles. The number of amides is 3. The van der Waals surface area contributed by atoms with Gasteiger partial charge in [0, 0.05) is 30.4 Å². The van der Waals surface area contributed by atoms with Crippen molar-refractivity contribution in [1.82, 2.24) is 9.80 Å². The van der Waals surface area contributed by atoms with Gasteiger partial charge in [0.05, 0.1) is 11.8 Å². The van der Waals surface area contributed by atoms with E-state index in [1.165, 1.54) is 5.56 Å². The van der Waals surface area contributed by atoms with Crippen molar-refractivity contribution in [2.45, 2.75) is 50.4 Å². The highest BCUT2D eigenvalue weighted by molar-refractivity contribution is 8.00. The molecule has 2 aromatic rings. The van der Waals surface area contributed by atoms with Crippen molar-refractivity contribution in [1.29, 1.82) is 0 Å². The van der Waals surface area contributed by atoms with Crippen LogP contribution in [0.4, 0.5) is 10.5 Å². The Morgan fingerprint density at radius 2 is 1.74 bits per heavy atom. The van der Waals surface area contributed by atoms with E-state index < -0.39 is 0 Å². The van der Waals surface area contributed by atoms with Crippen LogP contribution < -0.4 is 5.32 Å². The first-order valence-corrected chi connectivity index (χ1v) is 13.3. The molecule has 2 aliphatic rings. The highest BCUT2D eigenvalue weighted by Crippen LogP contribution is 2.27. The summed E-state index contributed by atoms with van der Waals surface area (Å²) < 4.78 is 5.39. The summed E-state index contributed by atoms with van der Waals surface area (Å²) in [5, 5.41) is 3.27. The molecule has 2 fully saturated rings. The number of piperidine rings is 1. The zero-order valence-corrected chi connectivity index (χ0v) is 21.1. The molecule has 0 radical (unpaired) electrons. The number of rotatable bonds is 8. The Bertz CT molecular complexity index is 1020. The Balaban J connectivity index is 1.29. The molecule has 1 N–H and O–H groups in total. The topological polar surface area (TPSA) is 79.0 Å². The van der Waals surface area contributed by atoms with Gasteiger partial charge in [-0.2, -0.15) is 0 Å². The first-order chi connectivity index (χ1) is 16.9. The normalized spacial score (nSPS) is 18.6. The minimum absolute atomic E-state index is 0.0264. The number of nitrogens with zero attached hydrogens (tertiary/aromatic N) is 2. The van der Waals surface area contributed by atoms with Gasteiger partial charge in [-0.05, 0) is 54.3 Å². The van der Waals surface area contributed by atoms with Gasteiger partial charge in [-0.1, -0.05) is 44.2 Å². The van der Waals surface area contributed by atoms with E-state index >= 15 is 0 Å². The van der Waals surface area contributed by atoms with Crippen LogP contribution in [0, 0.1) is 0 Å². The SMILES string of the molecule is CC(C)SCC(=O)Nc1ccc(C(=O)N2CCC(N3C(=O)OCC3Cc3ccccc3)CC2)cc1. The Hall–Kier alpha value is -3.00. The number of carbonyl (C=O) groups excluding carboxylic acids is 3. The quantitative estimate of drug-likeness (QED) is 0.586. The lowest BCUT2D eigenvalue weighted by atomic mass is 9.98. The number of anilines is 1. The number of thioether (sulfide) groups is 1. The smallest absolute Gasteiger partial charge is 0.410 e. The van der Waals surface area contributed by atoms with Crippen LogP contribution in [-0.4, -0.2) is 70.5 Å².